The molecule has 0 fully saturated rings. The fourth-order valence-corrected chi connectivity index (χ4v) is 0.581. The second-order valence-corrected chi connectivity index (χ2v) is 2.66. The van der Waals surface area contributed by atoms with Crippen molar-refractivity contribution in [3.05, 3.63) is 0 Å². The summed E-state index contributed by atoms with van der Waals surface area (Å²) < 4.78 is 9.64. The van der Waals surface area contributed by atoms with Gasteiger partial charge in [-0.3, -0.25) is 0 Å². The van der Waals surface area contributed by atoms with E-state index < -0.39 is 13.9 Å². The molecule has 0 aromatic heterocycles. The first-order valence-corrected chi connectivity index (χ1v) is 3.45. The van der Waals surface area contributed by atoms with Gasteiger partial charge in [0.25, 0.3) is 0 Å². The molecular formula is C2H6NO3P-2. The third-order valence-corrected chi connectivity index (χ3v) is 1.06. The van der Waals surface area contributed by atoms with Crippen molar-refractivity contribution < 1.29 is 14.4 Å². The van der Waals surface area contributed by atoms with Gasteiger partial charge in [0.1, 0.15) is 0 Å². The molecule has 1 N–H and O–H groups in total. The molecule has 0 aliphatic rings. The van der Waals surface area contributed by atoms with E-state index in [9.17, 15) is 14.4 Å². The molecule has 0 bridgehead atoms. The van der Waals surface area contributed by atoms with Gasteiger partial charge in [-0.1, -0.05) is 7.60 Å². The lowest BCUT2D eigenvalue weighted by Crippen LogP contribution is -2.23. The Bertz CT molecular complexity index is 86.9. The van der Waals surface area contributed by atoms with Crippen LogP contribution in [0.2, 0.25) is 0 Å². The predicted octanol–water partition coefficient (Wildman–Crippen LogP) is -1.92. The Morgan fingerprint density at radius 2 is 2.14 bits per heavy atom. The molecule has 0 spiro atoms. The second kappa shape index (κ2) is 2.43. The van der Waals surface area contributed by atoms with E-state index in [0.717, 1.165) is 0 Å². The van der Waals surface area contributed by atoms with E-state index >= 15 is 0 Å². The standard InChI is InChI=1S/C2H8NO3P/c1-3-2-7(4,5)6/h3H,2H2,1H3,(H2,4,5,6)/p-2. The molecule has 7 heavy (non-hydrogen) atoms. The van der Waals surface area contributed by atoms with E-state index in [2.05, 4.69) is 5.32 Å². The van der Waals surface area contributed by atoms with Gasteiger partial charge in [0, 0.05) is 6.29 Å². The van der Waals surface area contributed by atoms with Crippen molar-refractivity contribution >= 4 is 7.60 Å². The monoisotopic (exact) mass is 123 g/mol. The fraction of sp³-hybridized carbons (Fsp3) is 1.00. The fourth-order valence-electron chi connectivity index (χ4n) is 0.194. The van der Waals surface area contributed by atoms with Crippen LogP contribution in [0.4, 0.5) is 0 Å². The van der Waals surface area contributed by atoms with Crippen LogP contribution in [0.15, 0.2) is 0 Å². The Kier molecular flexibility index (Phi) is 2.46. The van der Waals surface area contributed by atoms with Gasteiger partial charge >= 0.3 is 0 Å². The quantitative estimate of drug-likeness (QED) is 0.434. The Balaban J connectivity index is 3.36. The van der Waals surface area contributed by atoms with E-state index in [4.69, 9.17) is 0 Å². The lowest BCUT2D eigenvalue weighted by Gasteiger charge is -2.28. The summed E-state index contributed by atoms with van der Waals surface area (Å²) in [5.74, 6) is 0. The summed E-state index contributed by atoms with van der Waals surface area (Å²) in [5, 5.41) is 2.22. The van der Waals surface area contributed by atoms with Gasteiger partial charge in [-0.2, -0.15) is 0 Å². The first-order chi connectivity index (χ1) is 3.06. The molecule has 44 valence electrons. The number of hydrogen-bond donors (Lipinski definition) is 1. The van der Waals surface area contributed by atoms with E-state index in [1.165, 1.54) is 7.05 Å². The minimum atomic E-state index is -4.28. The molecule has 0 aromatic carbocycles. The highest BCUT2D eigenvalue weighted by atomic mass is 31.2. The molecule has 0 atom stereocenters. The van der Waals surface area contributed by atoms with E-state index in [1.807, 2.05) is 0 Å². The topological polar surface area (TPSA) is 75.2 Å². The average Bonchev–Trinajstić information content (AvgIpc) is 1.30. The zero-order valence-corrected chi connectivity index (χ0v) is 4.77. The van der Waals surface area contributed by atoms with Crippen LogP contribution >= 0.6 is 7.60 Å². The Hall–Kier alpha value is 0.110. The summed E-state index contributed by atoms with van der Waals surface area (Å²) >= 11 is 0. The summed E-state index contributed by atoms with van der Waals surface area (Å²) in [4.78, 5) is 19.3. The second-order valence-electron chi connectivity index (χ2n) is 1.12. The molecule has 0 aliphatic carbocycles. The summed E-state index contributed by atoms with van der Waals surface area (Å²) in [6.45, 7) is 0. The molecule has 0 amide bonds. The molecule has 0 radical (unpaired) electrons. The van der Waals surface area contributed by atoms with Gasteiger partial charge in [-0.05, 0) is 7.05 Å². The van der Waals surface area contributed by atoms with Crippen molar-refractivity contribution in [3.8, 4) is 0 Å². The minimum Gasteiger partial charge on any atom is -0.810 e. The van der Waals surface area contributed by atoms with Crippen molar-refractivity contribution in [3.63, 3.8) is 0 Å². The summed E-state index contributed by atoms with van der Waals surface area (Å²) in [5.41, 5.74) is 0. The highest BCUT2D eigenvalue weighted by Crippen LogP contribution is 2.18. The van der Waals surface area contributed by atoms with Crippen LogP contribution in [0.3, 0.4) is 0 Å². The minimum absolute atomic E-state index is 0.465. The maximum absolute atomic E-state index is 9.64. The molecule has 4 nitrogen and oxygen atoms in total. The normalized spacial score (nSPS) is 11.9. The maximum atomic E-state index is 9.64. The summed E-state index contributed by atoms with van der Waals surface area (Å²) in [7, 11) is -2.87. The van der Waals surface area contributed by atoms with Crippen molar-refractivity contribution in [1.82, 2.24) is 5.32 Å². The largest absolute Gasteiger partial charge is 0.810 e. The number of nitrogens with one attached hydrogen (secondary N) is 1. The zero-order chi connectivity index (χ0) is 5.91. The SMILES string of the molecule is CNCP(=O)([O-])[O-]. The van der Waals surface area contributed by atoms with Gasteiger partial charge in [-0.25, -0.2) is 0 Å². The smallest absolute Gasteiger partial charge is 0.0229 e. The van der Waals surface area contributed by atoms with E-state index in [0.29, 0.717) is 0 Å². The van der Waals surface area contributed by atoms with Crippen LogP contribution in [0.1, 0.15) is 0 Å². The molecule has 0 heterocycles. The van der Waals surface area contributed by atoms with Crippen LogP contribution in [0.5, 0.6) is 0 Å². The summed E-state index contributed by atoms with van der Waals surface area (Å²) in [6, 6.07) is 0. The van der Waals surface area contributed by atoms with Gasteiger partial charge in [-0.15, -0.1) is 0 Å². The van der Waals surface area contributed by atoms with Gasteiger partial charge in [0.2, 0.25) is 0 Å². The third kappa shape index (κ3) is 6.11. The maximum Gasteiger partial charge on any atom is 0.0229 e. The van der Waals surface area contributed by atoms with Gasteiger partial charge in [0.05, 0.1) is 0 Å². The molecule has 0 saturated heterocycles. The van der Waals surface area contributed by atoms with Crippen molar-refractivity contribution in [2.24, 2.45) is 0 Å². The van der Waals surface area contributed by atoms with Gasteiger partial charge < -0.3 is 19.7 Å². The van der Waals surface area contributed by atoms with Crippen molar-refractivity contribution in [2.45, 2.75) is 0 Å². The number of hydrogen-bond acceptors (Lipinski definition) is 4. The molecule has 0 aliphatic heterocycles. The third-order valence-electron chi connectivity index (χ3n) is 0.352. The van der Waals surface area contributed by atoms with Crippen molar-refractivity contribution in [2.75, 3.05) is 13.3 Å². The molecule has 0 unspecified atom stereocenters. The van der Waals surface area contributed by atoms with Crippen LogP contribution in [-0.2, 0) is 4.57 Å². The van der Waals surface area contributed by atoms with Gasteiger partial charge in [0.15, 0.2) is 0 Å². The van der Waals surface area contributed by atoms with Crippen LogP contribution in [0.25, 0.3) is 0 Å². The Labute approximate surface area is 41.7 Å². The van der Waals surface area contributed by atoms with E-state index in [1.54, 1.807) is 0 Å². The lowest BCUT2D eigenvalue weighted by molar-refractivity contribution is -0.313. The average molecular weight is 123 g/mol. The molecule has 0 saturated carbocycles. The van der Waals surface area contributed by atoms with Crippen LogP contribution in [0, 0.1) is 0 Å². The zero-order valence-electron chi connectivity index (χ0n) is 3.88. The van der Waals surface area contributed by atoms with Crippen LogP contribution in [-0.4, -0.2) is 13.3 Å². The van der Waals surface area contributed by atoms with Crippen molar-refractivity contribution in [1.29, 1.82) is 0 Å². The Morgan fingerprint density at radius 3 is 2.14 bits per heavy atom. The lowest BCUT2D eigenvalue weighted by atomic mass is 11.3. The molecular weight excluding hydrogens is 117 g/mol. The highest BCUT2D eigenvalue weighted by Gasteiger charge is 1.81. The molecule has 0 rings (SSSR count). The molecule has 5 heteroatoms. The molecule has 0 aromatic rings. The highest BCUT2D eigenvalue weighted by molar-refractivity contribution is 7.48. The first-order valence-electron chi connectivity index (χ1n) is 1.72. The van der Waals surface area contributed by atoms with Crippen LogP contribution < -0.4 is 15.1 Å². The summed E-state index contributed by atoms with van der Waals surface area (Å²) in [6.07, 6.45) is -0.465. The number of rotatable bonds is 2. The predicted molar refractivity (Wildman–Crippen MR) is 21.5 cm³/mol. The van der Waals surface area contributed by atoms with E-state index in [-0.39, 0.29) is 0 Å². The first kappa shape index (κ1) is 7.11. The Morgan fingerprint density at radius 1 is 1.71 bits per heavy atom.